The van der Waals surface area contributed by atoms with Crippen molar-refractivity contribution in [3.05, 3.63) is 29.6 Å². The van der Waals surface area contributed by atoms with E-state index in [1.807, 2.05) is 18.0 Å². The van der Waals surface area contributed by atoms with Crippen molar-refractivity contribution in [1.29, 1.82) is 0 Å². The zero-order valence-electron chi connectivity index (χ0n) is 11.9. The van der Waals surface area contributed by atoms with E-state index in [0.717, 1.165) is 19.4 Å². The van der Waals surface area contributed by atoms with Crippen LogP contribution in [0, 0.1) is 0 Å². The molecule has 1 aromatic heterocycles. The molecule has 1 unspecified atom stereocenters. The van der Waals surface area contributed by atoms with Gasteiger partial charge in [-0.2, -0.15) is 11.8 Å². The summed E-state index contributed by atoms with van der Waals surface area (Å²) >= 11 is 1.92. The molecule has 0 fully saturated rings. The van der Waals surface area contributed by atoms with Gasteiger partial charge < -0.3 is 5.32 Å². The fourth-order valence-corrected chi connectivity index (χ4v) is 2.44. The minimum atomic E-state index is 0.567. The molecule has 1 heterocycles. The summed E-state index contributed by atoms with van der Waals surface area (Å²) in [6.07, 6.45) is 8.71. The Balaban J connectivity index is 2.51. The van der Waals surface area contributed by atoms with Crippen molar-refractivity contribution in [2.75, 3.05) is 18.6 Å². The molecule has 3 heteroatoms. The highest BCUT2D eigenvalue weighted by Gasteiger charge is 2.09. The molecule has 0 aromatic carbocycles. The molecule has 0 spiro atoms. The van der Waals surface area contributed by atoms with E-state index in [9.17, 15) is 0 Å². The van der Waals surface area contributed by atoms with E-state index in [-0.39, 0.29) is 0 Å². The topological polar surface area (TPSA) is 24.9 Å². The average Bonchev–Trinajstić information content (AvgIpc) is 2.42. The Morgan fingerprint density at radius 2 is 2.17 bits per heavy atom. The molecule has 0 radical (unpaired) electrons. The summed E-state index contributed by atoms with van der Waals surface area (Å²) in [6.45, 7) is 5.49. The first-order chi connectivity index (χ1) is 8.80. The molecule has 0 aliphatic rings. The lowest BCUT2D eigenvalue weighted by Gasteiger charge is -2.17. The van der Waals surface area contributed by atoms with Crippen LogP contribution in [0.25, 0.3) is 0 Å². The van der Waals surface area contributed by atoms with Crippen LogP contribution in [0.1, 0.15) is 37.9 Å². The maximum Gasteiger partial charge on any atom is 0.0419 e. The molecule has 1 aromatic rings. The van der Waals surface area contributed by atoms with Gasteiger partial charge in [0.2, 0.25) is 0 Å². The number of hydrogen-bond acceptors (Lipinski definition) is 3. The van der Waals surface area contributed by atoms with Gasteiger partial charge in [0.25, 0.3) is 0 Å². The van der Waals surface area contributed by atoms with E-state index in [2.05, 4.69) is 42.5 Å². The van der Waals surface area contributed by atoms with Crippen LogP contribution >= 0.6 is 11.8 Å². The number of pyridine rings is 1. The number of rotatable bonds is 9. The van der Waals surface area contributed by atoms with Gasteiger partial charge in [0, 0.05) is 24.4 Å². The smallest absolute Gasteiger partial charge is 0.0419 e. The number of nitrogens with one attached hydrogen (secondary N) is 1. The summed E-state index contributed by atoms with van der Waals surface area (Å²) in [5, 5.41) is 3.63. The Labute approximate surface area is 116 Å². The molecule has 0 aliphatic carbocycles. The third-order valence-electron chi connectivity index (χ3n) is 3.10. The predicted octanol–water partition coefficient (Wildman–Crippen LogP) is 3.31. The van der Waals surface area contributed by atoms with Crippen molar-refractivity contribution < 1.29 is 0 Å². The Bertz CT molecular complexity index is 303. The molecule has 0 aliphatic heterocycles. The van der Waals surface area contributed by atoms with Crippen LogP contribution in [0.5, 0.6) is 0 Å². The summed E-state index contributed by atoms with van der Waals surface area (Å²) in [4.78, 5) is 4.56. The molecule has 1 rings (SSSR count). The normalized spacial score (nSPS) is 12.6. The quantitative estimate of drug-likeness (QED) is 0.742. The van der Waals surface area contributed by atoms with Crippen LogP contribution < -0.4 is 5.32 Å². The zero-order valence-corrected chi connectivity index (χ0v) is 12.7. The van der Waals surface area contributed by atoms with E-state index in [4.69, 9.17) is 0 Å². The third kappa shape index (κ3) is 5.87. The van der Waals surface area contributed by atoms with Gasteiger partial charge in [0.15, 0.2) is 0 Å². The highest BCUT2D eigenvalue weighted by molar-refractivity contribution is 7.98. The monoisotopic (exact) mass is 266 g/mol. The summed E-state index contributed by atoms with van der Waals surface area (Å²) in [6, 6.07) is 4.95. The largest absolute Gasteiger partial charge is 0.314 e. The van der Waals surface area contributed by atoms with Crippen LogP contribution in [-0.4, -0.2) is 29.6 Å². The lowest BCUT2D eigenvalue weighted by Crippen LogP contribution is -2.32. The lowest BCUT2D eigenvalue weighted by molar-refractivity contribution is 0.493. The predicted molar refractivity (Wildman–Crippen MR) is 82.4 cm³/mol. The van der Waals surface area contributed by atoms with E-state index in [1.165, 1.54) is 29.9 Å². The second kappa shape index (κ2) is 9.40. The van der Waals surface area contributed by atoms with Gasteiger partial charge in [-0.15, -0.1) is 0 Å². The fourth-order valence-electron chi connectivity index (χ4n) is 1.92. The van der Waals surface area contributed by atoms with Crippen molar-refractivity contribution in [1.82, 2.24) is 10.3 Å². The summed E-state index contributed by atoms with van der Waals surface area (Å²) in [7, 11) is 0. The van der Waals surface area contributed by atoms with E-state index >= 15 is 0 Å². The molecule has 18 heavy (non-hydrogen) atoms. The van der Waals surface area contributed by atoms with Gasteiger partial charge in [0.1, 0.15) is 0 Å². The molecule has 102 valence electrons. The highest BCUT2D eigenvalue weighted by Crippen LogP contribution is 2.08. The van der Waals surface area contributed by atoms with Crippen LogP contribution in [0.3, 0.4) is 0 Å². The van der Waals surface area contributed by atoms with Gasteiger partial charge in [-0.05, 0) is 49.4 Å². The number of aromatic nitrogens is 1. The summed E-state index contributed by atoms with van der Waals surface area (Å²) in [5.41, 5.74) is 2.53. The van der Waals surface area contributed by atoms with E-state index in [1.54, 1.807) is 0 Å². The number of thioether (sulfide) groups is 1. The molecular formula is C15H26N2S. The fraction of sp³-hybridized carbons (Fsp3) is 0.667. The minimum Gasteiger partial charge on any atom is -0.314 e. The first kappa shape index (κ1) is 15.5. The second-order valence-electron chi connectivity index (χ2n) is 4.65. The zero-order chi connectivity index (χ0) is 13.2. The first-order valence-corrected chi connectivity index (χ1v) is 8.35. The molecule has 0 bridgehead atoms. The Morgan fingerprint density at radius 1 is 1.33 bits per heavy atom. The van der Waals surface area contributed by atoms with Crippen LogP contribution in [0.2, 0.25) is 0 Å². The highest BCUT2D eigenvalue weighted by atomic mass is 32.2. The Hall–Kier alpha value is -0.540. The number of nitrogens with zero attached hydrogens (tertiary/aromatic N) is 1. The lowest BCUT2D eigenvalue weighted by atomic mass is 10.1. The van der Waals surface area contributed by atoms with E-state index < -0.39 is 0 Å². The van der Waals surface area contributed by atoms with Crippen LogP contribution in [-0.2, 0) is 12.8 Å². The van der Waals surface area contributed by atoms with Gasteiger partial charge in [-0.1, -0.05) is 19.9 Å². The van der Waals surface area contributed by atoms with Crippen LogP contribution in [0.4, 0.5) is 0 Å². The maximum absolute atomic E-state index is 4.56. The maximum atomic E-state index is 4.56. The van der Waals surface area contributed by atoms with Crippen LogP contribution in [0.15, 0.2) is 18.3 Å². The molecule has 1 atom stereocenters. The van der Waals surface area contributed by atoms with Crippen molar-refractivity contribution in [3.8, 4) is 0 Å². The Kier molecular flexibility index (Phi) is 8.10. The molecular weight excluding hydrogens is 240 g/mol. The van der Waals surface area contributed by atoms with Crippen molar-refractivity contribution in [3.63, 3.8) is 0 Å². The minimum absolute atomic E-state index is 0.567. The van der Waals surface area contributed by atoms with Gasteiger partial charge >= 0.3 is 0 Å². The average molecular weight is 266 g/mol. The van der Waals surface area contributed by atoms with Crippen molar-refractivity contribution in [2.24, 2.45) is 0 Å². The molecule has 2 nitrogen and oxygen atoms in total. The second-order valence-corrected chi connectivity index (χ2v) is 5.63. The molecule has 0 saturated heterocycles. The summed E-state index contributed by atoms with van der Waals surface area (Å²) in [5.74, 6) is 1.22. The standard InChI is InChI=1S/C15H26N2S/c1-4-9-16-15(8-10-18-3)11-14-7-6-13(5-2)12-17-14/h6-7,12,15-16H,4-5,8-11H2,1-3H3. The first-order valence-electron chi connectivity index (χ1n) is 6.96. The van der Waals surface area contributed by atoms with Gasteiger partial charge in [-0.3, -0.25) is 4.98 Å². The number of aryl methyl sites for hydroxylation is 1. The number of hydrogen-bond donors (Lipinski definition) is 1. The third-order valence-corrected chi connectivity index (χ3v) is 3.75. The molecule has 0 amide bonds. The van der Waals surface area contributed by atoms with Gasteiger partial charge in [0.05, 0.1) is 0 Å². The van der Waals surface area contributed by atoms with Gasteiger partial charge in [-0.25, -0.2) is 0 Å². The van der Waals surface area contributed by atoms with E-state index in [0.29, 0.717) is 6.04 Å². The van der Waals surface area contributed by atoms with Crippen molar-refractivity contribution in [2.45, 2.75) is 45.6 Å². The Morgan fingerprint density at radius 3 is 2.72 bits per heavy atom. The molecule has 0 saturated carbocycles. The molecule has 1 N–H and O–H groups in total. The SMILES string of the molecule is CCCNC(CCSC)Cc1ccc(CC)cn1. The summed E-state index contributed by atoms with van der Waals surface area (Å²) < 4.78 is 0. The van der Waals surface area contributed by atoms with Crippen molar-refractivity contribution >= 4 is 11.8 Å².